The van der Waals surface area contributed by atoms with Crippen molar-refractivity contribution in [2.24, 2.45) is 5.92 Å². The van der Waals surface area contributed by atoms with E-state index < -0.39 is 0 Å². The van der Waals surface area contributed by atoms with Gasteiger partial charge in [0.2, 0.25) is 0 Å². The van der Waals surface area contributed by atoms with Crippen LogP contribution < -0.4 is 0 Å². The Morgan fingerprint density at radius 3 is 2.65 bits per heavy atom. The lowest BCUT2D eigenvalue weighted by atomic mass is 9.82. The summed E-state index contributed by atoms with van der Waals surface area (Å²) in [5.74, 6) is 0.0376. The van der Waals surface area contributed by atoms with Gasteiger partial charge in [-0.15, -0.1) is 0 Å². The Balaban J connectivity index is 2.18. The number of hydrogen-bond acceptors (Lipinski definition) is 2. The fourth-order valence-electron chi connectivity index (χ4n) is 3.00. The fourth-order valence-corrected chi connectivity index (χ4v) is 3.00. The summed E-state index contributed by atoms with van der Waals surface area (Å²) in [6.45, 7) is 4.13. The minimum absolute atomic E-state index is 0.00171. The van der Waals surface area contributed by atoms with Gasteiger partial charge in [-0.1, -0.05) is 19.3 Å². The van der Waals surface area contributed by atoms with Gasteiger partial charge in [-0.2, -0.15) is 0 Å². The van der Waals surface area contributed by atoms with Crippen LogP contribution in [0.25, 0.3) is 0 Å². The molecule has 0 amide bonds. The number of hydrogen-bond donors (Lipinski definition) is 0. The average molecular weight is 278 g/mol. The van der Waals surface area contributed by atoms with E-state index in [1.165, 1.54) is 25.3 Å². The summed E-state index contributed by atoms with van der Waals surface area (Å²) in [7, 11) is 0. The highest BCUT2D eigenvalue weighted by Crippen LogP contribution is 2.30. The van der Waals surface area contributed by atoms with Crippen LogP contribution in [0, 0.1) is 18.7 Å². The maximum Gasteiger partial charge on any atom is 0.191 e. The van der Waals surface area contributed by atoms with E-state index in [0.29, 0.717) is 23.7 Å². The number of ketones is 1. The zero-order valence-electron chi connectivity index (χ0n) is 12.3. The van der Waals surface area contributed by atoms with Gasteiger partial charge in [-0.3, -0.25) is 4.79 Å². The number of carbonyl (C=O) groups is 1. The Labute approximate surface area is 120 Å². The van der Waals surface area contributed by atoms with Gasteiger partial charge in [0.15, 0.2) is 5.78 Å². The van der Waals surface area contributed by atoms with Gasteiger partial charge in [0, 0.05) is 12.2 Å². The van der Waals surface area contributed by atoms with Gasteiger partial charge in [-0.05, 0) is 56.4 Å². The molecule has 2 nitrogen and oxygen atoms in total. The van der Waals surface area contributed by atoms with Crippen molar-refractivity contribution in [3.05, 3.63) is 35.1 Å². The van der Waals surface area contributed by atoms with Crippen LogP contribution in [0.2, 0.25) is 0 Å². The molecule has 1 aromatic rings. The highest BCUT2D eigenvalue weighted by Gasteiger charge is 2.30. The molecule has 2 rings (SSSR count). The third kappa shape index (κ3) is 3.45. The summed E-state index contributed by atoms with van der Waals surface area (Å²) in [6, 6.07) is 4.57. The molecule has 1 atom stereocenters. The number of aryl methyl sites for hydroxylation is 1. The lowest BCUT2D eigenvalue weighted by molar-refractivity contribution is 0.0127. The van der Waals surface area contributed by atoms with E-state index >= 15 is 0 Å². The number of rotatable bonds is 5. The molecule has 0 N–H and O–H groups in total. The van der Waals surface area contributed by atoms with E-state index in [0.717, 1.165) is 12.8 Å². The molecule has 1 aliphatic carbocycles. The molecule has 0 saturated heterocycles. The van der Waals surface area contributed by atoms with Crippen LogP contribution >= 0.6 is 0 Å². The standard InChI is InChI=1S/C17H23FO2/c1-3-20-17(13-7-5-4-6-8-13)16(19)14-9-10-15(18)12(2)11-14/h9-11,13,17H,3-8H2,1-2H3. The van der Waals surface area contributed by atoms with Gasteiger partial charge < -0.3 is 4.74 Å². The maximum atomic E-state index is 13.3. The summed E-state index contributed by atoms with van der Waals surface area (Å²) >= 11 is 0. The molecule has 0 spiro atoms. The first kappa shape index (κ1) is 15.2. The van der Waals surface area contributed by atoms with Crippen molar-refractivity contribution in [3.8, 4) is 0 Å². The van der Waals surface area contributed by atoms with Crippen LogP contribution in [-0.4, -0.2) is 18.5 Å². The number of halogens is 1. The SMILES string of the molecule is CCOC(C(=O)c1ccc(F)c(C)c1)C1CCCCC1. The molecular formula is C17H23FO2. The molecule has 1 saturated carbocycles. The zero-order chi connectivity index (χ0) is 14.5. The van der Waals surface area contributed by atoms with E-state index in [4.69, 9.17) is 4.74 Å². The Hall–Kier alpha value is -1.22. The summed E-state index contributed by atoms with van der Waals surface area (Å²) < 4.78 is 19.0. The molecule has 0 aromatic heterocycles. The van der Waals surface area contributed by atoms with E-state index in [2.05, 4.69) is 0 Å². The van der Waals surface area contributed by atoms with Crippen LogP contribution in [-0.2, 0) is 4.74 Å². The van der Waals surface area contributed by atoms with Crippen molar-refractivity contribution >= 4 is 5.78 Å². The van der Waals surface area contributed by atoms with Gasteiger partial charge in [0.05, 0.1) is 0 Å². The van der Waals surface area contributed by atoms with Crippen molar-refractivity contribution in [2.45, 2.75) is 52.1 Å². The van der Waals surface area contributed by atoms with Gasteiger partial charge in [0.1, 0.15) is 11.9 Å². The van der Waals surface area contributed by atoms with E-state index in [-0.39, 0.29) is 17.7 Å². The smallest absolute Gasteiger partial charge is 0.191 e. The summed E-state index contributed by atoms with van der Waals surface area (Å²) in [5, 5.41) is 0. The van der Waals surface area contributed by atoms with Crippen molar-refractivity contribution in [1.29, 1.82) is 0 Å². The quantitative estimate of drug-likeness (QED) is 0.750. The monoisotopic (exact) mass is 278 g/mol. The highest BCUT2D eigenvalue weighted by molar-refractivity contribution is 5.99. The van der Waals surface area contributed by atoms with Crippen LogP contribution in [0.4, 0.5) is 4.39 Å². The predicted molar refractivity (Wildman–Crippen MR) is 77.5 cm³/mol. The molecule has 0 radical (unpaired) electrons. The molecule has 3 heteroatoms. The van der Waals surface area contributed by atoms with Crippen molar-refractivity contribution < 1.29 is 13.9 Å². The second kappa shape index (κ2) is 6.98. The fraction of sp³-hybridized carbons (Fsp3) is 0.588. The topological polar surface area (TPSA) is 26.3 Å². The molecule has 1 unspecified atom stereocenters. The first-order chi connectivity index (χ1) is 9.63. The summed E-state index contributed by atoms with van der Waals surface area (Å²) in [5.41, 5.74) is 1.07. The van der Waals surface area contributed by atoms with Crippen LogP contribution in [0.1, 0.15) is 54.9 Å². The lowest BCUT2D eigenvalue weighted by Crippen LogP contribution is -2.34. The molecular weight excluding hydrogens is 255 g/mol. The zero-order valence-corrected chi connectivity index (χ0v) is 12.3. The number of ether oxygens (including phenoxy) is 1. The third-order valence-corrected chi connectivity index (χ3v) is 4.13. The minimum atomic E-state index is -0.370. The highest BCUT2D eigenvalue weighted by atomic mass is 19.1. The van der Waals surface area contributed by atoms with Gasteiger partial charge in [-0.25, -0.2) is 4.39 Å². The molecule has 1 fully saturated rings. The average Bonchev–Trinajstić information content (AvgIpc) is 2.48. The number of benzene rings is 1. The molecule has 1 aromatic carbocycles. The van der Waals surface area contributed by atoms with Crippen molar-refractivity contribution in [3.63, 3.8) is 0 Å². The van der Waals surface area contributed by atoms with Gasteiger partial charge in [0.25, 0.3) is 0 Å². The molecule has 1 aliphatic rings. The Morgan fingerprint density at radius 1 is 1.35 bits per heavy atom. The van der Waals surface area contributed by atoms with E-state index in [1.807, 2.05) is 6.92 Å². The van der Waals surface area contributed by atoms with Gasteiger partial charge >= 0.3 is 0 Å². The Bertz CT molecular complexity index is 464. The van der Waals surface area contributed by atoms with Crippen molar-refractivity contribution in [1.82, 2.24) is 0 Å². The van der Waals surface area contributed by atoms with E-state index in [1.54, 1.807) is 19.1 Å². The summed E-state index contributed by atoms with van der Waals surface area (Å²) in [4.78, 5) is 12.7. The second-order valence-corrected chi connectivity index (χ2v) is 5.60. The van der Waals surface area contributed by atoms with Crippen molar-refractivity contribution in [2.75, 3.05) is 6.61 Å². The normalized spacial score (nSPS) is 17.9. The molecule has 0 bridgehead atoms. The third-order valence-electron chi connectivity index (χ3n) is 4.13. The van der Waals surface area contributed by atoms with Crippen LogP contribution in [0.5, 0.6) is 0 Å². The molecule has 0 aliphatic heterocycles. The van der Waals surface area contributed by atoms with Crippen LogP contribution in [0.3, 0.4) is 0 Å². The Kier molecular flexibility index (Phi) is 5.30. The number of Topliss-reactive ketones (excluding diaryl/α,β-unsaturated/α-hetero) is 1. The second-order valence-electron chi connectivity index (χ2n) is 5.60. The number of carbonyl (C=O) groups excluding carboxylic acids is 1. The minimum Gasteiger partial charge on any atom is -0.370 e. The first-order valence-electron chi connectivity index (χ1n) is 7.55. The maximum absolute atomic E-state index is 13.3. The molecule has 110 valence electrons. The Morgan fingerprint density at radius 2 is 2.05 bits per heavy atom. The first-order valence-corrected chi connectivity index (χ1v) is 7.55. The molecule has 20 heavy (non-hydrogen) atoms. The molecule has 0 heterocycles. The van der Waals surface area contributed by atoms with Crippen LogP contribution in [0.15, 0.2) is 18.2 Å². The largest absolute Gasteiger partial charge is 0.370 e. The lowest BCUT2D eigenvalue weighted by Gasteiger charge is -2.29. The summed E-state index contributed by atoms with van der Waals surface area (Å²) in [6.07, 6.45) is 5.32. The van der Waals surface area contributed by atoms with E-state index in [9.17, 15) is 9.18 Å². The predicted octanol–water partition coefficient (Wildman–Crippen LogP) is 4.30.